The van der Waals surface area contributed by atoms with Crippen LogP contribution in [0.4, 0.5) is 11.4 Å². The lowest BCUT2D eigenvalue weighted by molar-refractivity contribution is -0.384. The maximum atomic E-state index is 11.8. The van der Waals surface area contributed by atoms with E-state index in [4.69, 9.17) is 17.0 Å². The Labute approximate surface area is 150 Å². The van der Waals surface area contributed by atoms with Crippen LogP contribution in [-0.4, -0.2) is 22.5 Å². The number of amides is 1. The Bertz CT molecular complexity index is 778. The number of hydrogen-bond acceptors (Lipinski definition) is 5. The second kappa shape index (κ2) is 8.74. The molecule has 130 valence electrons. The lowest BCUT2D eigenvalue weighted by Gasteiger charge is -2.10. The molecule has 0 unspecified atom stereocenters. The number of rotatable bonds is 6. The molecule has 0 saturated carbocycles. The first kappa shape index (κ1) is 18.3. The number of anilines is 1. The van der Waals surface area contributed by atoms with Crippen LogP contribution in [0.2, 0.25) is 0 Å². The standard InChI is InChI=1S/C17H17N3O4S/c1-2-12-6-8-15(9-7-12)24-11-16(21)19-17(25)18-13-4-3-5-14(10-13)20(22)23/h3-10H,2,11H2,1H3,(H2,18,19,21,25). The van der Waals surface area contributed by atoms with Gasteiger partial charge in [-0.3, -0.25) is 20.2 Å². The van der Waals surface area contributed by atoms with E-state index in [-0.39, 0.29) is 17.4 Å². The summed E-state index contributed by atoms with van der Waals surface area (Å²) in [5, 5.41) is 16.0. The average Bonchev–Trinajstić information content (AvgIpc) is 2.60. The molecule has 0 aliphatic rings. The summed E-state index contributed by atoms with van der Waals surface area (Å²) < 4.78 is 5.38. The average molecular weight is 359 g/mol. The zero-order valence-electron chi connectivity index (χ0n) is 13.5. The van der Waals surface area contributed by atoms with Crippen molar-refractivity contribution in [2.75, 3.05) is 11.9 Å². The maximum absolute atomic E-state index is 11.8. The Morgan fingerprint density at radius 1 is 1.24 bits per heavy atom. The Kier molecular flexibility index (Phi) is 6.41. The number of aryl methyl sites for hydroxylation is 1. The molecule has 0 aromatic heterocycles. The summed E-state index contributed by atoms with van der Waals surface area (Å²) in [4.78, 5) is 22.1. The van der Waals surface area contributed by atoms with Gasteiger partial charge in [-0.25, -0.2) is 0 Å². The van der Waals surface area contributed by atoms with Gasteiger partial charge in [0.2, 0.25) is 0 Å². The number of benzene rings is 2. The number of non-ortho nitro benzene ring substituents is 1. The van der Waals surface area contributed by atoms with Crippen molar-refractivity contribution >= 4 is 34.6 Å². The Morgan fingerprint density at radius 2 is 1.96 bits per heavy atom. The van der Waals surface area contributed by atoms with Crippen molar-refractivity contribution in [2.24, 2.45) is 0 Å². The van der Waals surface area contributed by atoms with Crippen molar-refractivity contribution in [3.05, 3.63) is 64.2 Å². The van der Waals surface area contributed by atoms with Crippen molar-refractivity contribution in [3.8, 4) is 5.75 Å². The minimum absolute atomic E-state index is 0.0374. The van der Waals surface area contributed by atoms with Crippen LogP contribution in [-0.2, 0) is 11.2 Å². The van der Waals surface area contributed by atoms with Crippen molar-refractivity contribution < 1.29 is 14.5 Å². The number of hydrogen-bond donors (Lipinski definition) is 2. The molecule has 0 spiro atoms. The fraction of sp³-hybridized carbons (Fsp3) is 0.176. The van der Waals surface area contributed by atoms with Gasteiger partial charge in [0.05, 0.1) is 4.92 Å². The number of carbonyl (C=O) groups is 1. The summed E-state index contributed by atoms with van der Waals surface area (Å²) in [5.41, 5.74) is 1.52. The van der Waals surface area contributed by atoms with E-state index in [1.165, 1.54) is 23.8 Å². The van der Waals surface area contributed by atoms with E-state index in [1.807, 2.05) is 12.1 Å². The van der Waals surface area contributed by atoms with E-state index in [0.29, 0.717) is 11.4 Å². The SMILES string of the molecule is CCc1ccc(OCC(=O)NC(=S)Nc2cccc([N+](=O)[O-])c2)cc1. The van der Waals surface area contributed by atoms with Gasteiger partial charge in [-0.1, -0.05) is 25.1 Å². The summed E-state index contributed by atoms with van der Waals surface area (Å²) in [6.45, 7) is 1.86. The molecule has 7 nitrogen and oxygen atoms in total. The van der Waals surface area contributed by atoms with Gasteiger partial charge < -0.3 is 10.1 Å². The van der Waals surface area contributed by atoms with Crippen molar-refractivity contribution in [2.45, 2.75) is 13.3 Å². The molecular formula is C17H17N3O4S. The number of ether oxygens (including phenoxy) is 1. The number of nitro benzene ring substituents is 1. The third-order valence-electron chi connectivity index (χ3n) is 3.27. The third kappa shape index (κ3) is 5.85. The zero-order valence-corrected chi connectivity index (χ0v) is 14.3. The van der Waals surface area contributed by atoms with E-state index in [9.17, 15) is 14.9 Å². The maximum Gasteiger partial charge on any atom is 0.271 e. The molecule has 0 bridgehead atoms. The van der Waals surface area contributed by atoms with Gasteiger partial charge >= 0.3 is 0 Å². The first-order chi connectivity index (χ1) is 12.0. The number of nitrogens with zero attached hydrogens (tertiary/aromatic N) is 1. The van der Waals surface area contributed by atoms with Crippen LogP contribution in [0.3, 0.4) is 0 Å². The van der Waals surface area contributed by atoms with Gasteiger partial charge in [-0.05, 0) is 42.4 Å². The van der Waals surface area contributed by atoms with Gasteiger partial charge in [0.25, 0.3) is 11.6 Å². The van der Waals surface area contributed by atoms with Gasteiger partial charge in [0.15, 0.2) is 11.7 Å². The summed E-state index contributed by atoms with van der Waals surface area (Å²) in [5.74, 6) is 0.160. The minimum Gasteiger partial charge on any atom is -0.484 e. The first-order valence-electron chi connectivity index (χ1n) is 7.55. The fourth-order valence-electron chi connectivity index (χ4n) is 1.99. The third-order valence-corrected chi connectivity index (χ3v) is 3.47. The molecule has 25 heavy (non-hydrogen) atoms. The molecule has 2 rings (SSSR count). The number of nitro groups is 1. The van der Waals surface area contributed by atoms with Gasteiger partial charge in [0, 0.05) is 17.8 Å². The lowest BCUT2D eigenvalue weighted by Crippen LogP contribution is -2.37. The normalized spacial score (nSPS) is 9.96. The second-order valence-corrected chi connectivity index (χ2v) is 5.50. The van der Waals surface area contributed by atoms with Gasteiger partial charge in [-0.15, -0.1) is 0 Å². The smallest absolute Gasteiger partial charge is 0.271 e. The molecule has 8 heteroatoms. The predicted octanol–water partition coefficient (Wildman–Crippen LogP) is 3.05. The molecule has 2 aromatic rings. The van der Waals surface area contributed by atoms with Crippen LogP contribution in [0.1, 0.15) is 12.5 Å². The Morgan fingerprint density at radius 3 is 2.60 bits per heavy atom. The van der Waals surface area contributed by atoms with Crippen molar-refractivity contribution in [3.63, 3.8) is 0 Å². The Balaban J connectivity index is 1.82. The zero-order chi connectivity index (χ0) is 18.2. The van der Waals surface area contributed by atoms with Gasteiger partial charge in [0.1, 0.15) is 5.75 Å². The molecule has 0 heterocycles. The molecular weight excluding hydrogens is 342 g/mol. The topological polar surface area (TPSA) is 93.5 Å². The molecule has 0 radical (unpaired) electrons. The predicted molar refractivity (Wildman–Crippen MR) is 98.8 cm³/mol. The molecule has 0 fully saturated rings. The van der Waals surface area contributed by atoms with E-state index < -0.39 is 10.8 Å². The first-order valence-corrected chi connectivity index (χ1v) is 7.95. The van der Waals surface area contributed by atoms with E-state index in [1.54, 1.807) is 18.2 Å². The number of carbonyl (C=O) groups excluding carboxylic acids is 1. The van der Waals surface area contributed by atoms with Gasteiger partial charge in [-0.2, -0.15) is 0 Å². The highest BCUT2D eigenvalue weighted by molar-refractivity contribution is 7.80. The molecule has 2 aromatic carbocycles. The number of nitrogens with one attached hydrogen (secondary N) is 2. The van der Waals surface area contributed by atoms with E-state index in [0.717, 1.165) is 6.42 Å². The summed E-state index contributed by atoms with van der Waals surface area (Å²) in [6, 6.07) is 13.3. The molecule has 0 aliphatic heterocycles. The van der Waals surface area contributed by atoms with E-state index in [2.05, 4.69) is 17.6 Å². The molecule has 0 saturated heterocycles. The highest BCUT2D eigenvalue weighted by Crippen LogP contribution is 2.17. The summed E-state index contributed by atoms with van der Waals surface area (Å²) in [7, 11) is 0. The molecule has 2 N–H and O–H groups in total. The Hall–Kier alpha value is -3.00. The van der Waals surface area contributed by atoms with Crippen LogP contribution in [0.5, 0.6) is 5.75 Å². The fourth-order valence-corrected chi connectivity index (χ4v) is 2.22. The van der Waals surface area contributed by atoms with Crippen LogP contribution in [0, 0.1) is 10.1 Å². The highest BCUT2D eigenvalue weighted by atomic mass is 32.1. The minimum atomic E-state index is -0.509. The summed E-state index contributed by atoms with van der Waals surface area (Å²) in [6.07, 6.45) is 0.929. The largest absolute Gasteiger partial charge is 0.484 e. The quantitative estimate of drug-likeness (QED) is 0.468. The molecule has 0 aliphatic carbocycles. The molecule has 0 atom stereocenters. The van der Waals surface area contributed by atoms with Crippen LogP contribution < -0.4 is 15.4 Å². The lowest BCUT2D eigenvalue weighted by atomic mass is 10.2. The highest BCUT2D eigenvalue weighted by Gasteiger charge is 2.09. The van der Waals surface area contributed by atoms with Crippen molar-refractivity contribution in [1.29, 1.82) is 0 Å². The number of thiocarbonyl (C=S) groups is 1. The summed E-state index contributed by atoms with van der Waals surface area (Å²) >= 11 is 5.02. The van der Waals surface area contributed by atoms with Crippen LogP contribution >= 0.6 is 12.2 Å². The second-order valence-electron chi connectivity index (χ2n) is 5.10. The van der Waals surface area contributed by atoms with Crippen molar-refractivity contribution in [1.82, 2.24) is 5.32 Å². The van der Waals surface area contributed by atoms with Crippen LogP contribution in [0.25, 0.3) is 0 Å². The molecule has 1 amide bonds. The van der Waals surface area contributed by atoms with Crippen LogP contribution in [0.15, 0.2) is 48.5 Å². The van der Waals surface area contributed by atoms with E-state index >= 15 is 0 Å². The monoisotopic (exact) mass is 359 g/mol.